The smallest absolute Gasteiger partial charge is 0.414 e. The van der Waals surface area contributed by atoms with Crippen LogP contribution in [0.25, 0.3) is 0 Å². The lowest BCUT2D eigenvalue weighted by Crippen LogP contribution is -2.34. The molecule has 0 spiro atoms. The normalized spacial score (nSPS) is 12.3. The maximum atomic E-state index is 12.3. The fraction of sp³-hybridized carbons (Fsp3) is 0.154. The Morgan fingerprint density at radius 1 is 0.829 bits per heavy atom. The minimum Gasteiger partial charge on any atom is -0.473 e. The summed E-state index contributed by atoms with van der Waals surface area (Å²) in [4.78, 5) is 35.0. The van der Waals surface area contributed by atoms with Gasteiger partial charge in [-0.05, 0) is 35.2 Å². The van der Waals surface area contributed by atoms with E-state index in [0.29, 0.717) is 12.1 Å². The molecule has 0 bridgehead atoms. The molecule has 0 aliphatic carbocycles. The number of hydrogen-bond acceptors (Lipinski definition) is 6. The molecule has 4 rings (SSSR count). The number of amides is 1. The first-order chi connectivity index (χ1) is 16.8. The lowest BCUT2D eigenvalue weighted by molar-refractivity contribution is -0.159. The van der Waals surface area contributed by atoms with Gasteiger partial charge in [-0.1, -0.05) is 66.7 Å². The number of amidine groups is 1. The van der Waals surface area contributed by atoms with E-state index in [0.717, 1.165) is 42.0 Å². The Bertz CT molecular complexity index is 1180. The van der Waals surface area contributed by atoms with E-state index in [9.17, 15) is 4.79 Å². The predicted molar refractivity (Wildman–Crippen MR) is 131 cm³/mol. The molecule has 3 aromatic rings. The van der Waals surface area contributed by atoms with Crippen molar-refractivity contribution in [3.05, 3.63) is 107 Å². The highest BCUT2D eigenvalue weighted by Gasteiger charge is 2.15. The van der Waals surface area contributed by atoms with Crippen molar-refractivity contribution in [2.24, 2.45) is 10.8 Å². The number of hydrazine groups is 1. The number of aliphatic imine (C=N–C) groups is 1. The Hall–Kier alpha value is -4.50. The van der Waals surface area contributed by atoms with Gasteiger partial charge in [0.15, 0.2) is 0 Å². The standard InChI is InChI=1S/C24H24N4O.C2H2O4/c25-28-15-14-26-23(28)21-10-6-18(7-11-21)16-19-8-12-22(13-9-19)24(29)27-17-20-4-2-1-3-5-20;3-1(4)2(5)6/h1-13H,14-17,25H2,(H,27,29);(H,3,4)(H,5,6). The fourth-order valence-electron chi connectivity index (χ4n) is 3.38. The Morgan fingerprint density at radius 3 is 1.91 bits per heavy atom. The topological polar surface area (TPSA) is 145 Å². The Labute approximate surface area is 202 Å². The molecule has 0 saturated carbocycles. The van der Waals surface area contributed by atoms with Gasteiger partial charge in [0.25, 0.3) is 5.91 Å². The number of carboxylic acid groups (broad SMARTS) is 2. The number of nitrogens with two attached hydrogens (primary N) is 1. The molecule has 0 radical (unpaired) electrons. The van der Waals surface area contributed by atoms with Crippen molar-refractivity contribution in [2.45, 2.75) is 13.0 Å². The molecule has 0 unspecified atom stereocenters. The van der Waals surface area contributed by atoms with Crippen LogP contribution in [0, 0.1) is 0 Å². The van der Waals surface area contributed by atoms with Crippen LogP contribution in [0.15, 0.2) is 83.9 Å². The van der Waals surface area contributed by atoms with Crippen molar-refractivity contribution >= 4 is 23.7 Å². The van der Waals surface area contributed by atoms with Crippen LogP contribution in [-0.4, -0.2) is 52.0 Å². The van der Waals surface area contributed by atoms with Gasteiger partial charge in [-0.3, -0.25) is 14.8 Å². The van der Waals surface area contributed by atoms with Gasteiger partial charge >= 0.3 is 11.9 Å². The van der Waals surface area contributed by atoms with Crippen molar-refractivity contribution in [3.8, 4) is 0 Å². The zero-order valence-electron chi connectivity index (χ0n) is 18.9. The lowest BCUT2D eigenvalue weighted by atomic mass is 10.0. The first-order valence-corrected chi connectivity index (χ1v) is 10.9. The van der Waals surface area contributed by atoms with Gasteiger partial charge < -0.3 is 15.5 Å². The van der Waals surface area contributed by atoms with Crippen LogP contribution in [-0.2, 0) is 22.6 Å². The summed E-state index contributed by atoms with van der Waals surface area (Å²) in [6.07, 6.45) is 0.811. The summed E-state index contributed by atoms with van der Waals surface area (Å²) < 4.78 is 0. The fourth-order valence-corrected chi connectivity index (χ4v) is 3.38. The van der Waals surface area contributed by atoms with E-state index in [-0.39, 0.29) is 5.91 Å². The van der Waals surface area contributed by atoms with Crippen molar-refractivity contribution < 1.29 is 24.6 Å². The van der Waals surface area contributed by atoms with Crippen LogP contribution in [0.3, 0.4) is 0 Å². The third kappa shape index (κ3) is 7.51. The van der Waals surface area contributed by atoms with E-state index < -0.39 is 11.9 Å². The van der Waals surface area contributed by atoms with Gasteiger partial charge in [-0.25, -0.2) is 15.4 Å². The zero-order chi connectivity index (χ0) is 25.2. The van der Waals surface area contributed by atoms with E-state index in [2.05, 4.69) is 34.6 Å². The molecule has 9 nitrogen and oxygen atoms in total. The summed E-state index contributed by atoms with van der Waals surface area (Å²) in [5.41, 5.74) is 5.16. The van der Waals surface area contributed by atoms with Crippen molar-refractivity contribution in [3.63, 3.8) is 0 Å². The average Bonchev–Trinajstić information content (AvgIpc) is 3.30. The van der Waals surface area contributed by atoms with Crippen LogP contribution < -0.4 is 11.2 Å². The average molecular weight is 475 g/mol. The maximum Gasteiger partial charge on any atom is 0.414 e. The monoisotopic (exact) mass is 474 g/mol. The van der Waals surface area contributed by atoms with Gasteiger partial charge in [0, 0.05) is 17.7 Å². The number of nitrogens with one attached hydrogen (secondary N) is 1. The molecule has 3 aromatic carbocycles. The summed E-state index contributed by atoms with van der Waals surface area (Å²) >= 11 is 0. The molecule has 180 valence electrons. The summed E-state index contributed by atoms with van der Waals surface area (Å²) in [6, 6.07) is 26.0. The third-order valence-electron chi connectivity index (χ3n) is 5.19. The molecule has 9 heteroatoms. The van der Waals surface area contributed by atoms with E-state index in [1.165, 1.54) is 5.56 Å². The highest BCUT2D eigenvalue weighted by Crippen LogP contribution is 2.14. The number of aliphatic carboxylic acids is 2. The van der Waals surface area contributed by atoms with Crippen LogP contribution in [0.4, 0.5) is 0 Å². The van der Waals surface area contributed by atoms with E-state index in [4.69, 9.17) is 25.6 Å². The first-order valence-electron chi connectivity index (χ1n) is 10.9. The molecule has 0 aromatic heterocycles. The first kappa shape index (κ1) is 25.1. The summed E-state index contributed by atoms with van der Waals surface area (Å²) in [5.74, 6) is 3.08. The number of hydrogen-bond donors (Lipinski definition) is 4. The van der Waals surface area contributed by atoms with Crippen LogP contribution in [0.2, 0.25) is 0 Å². The van der Waals surface area contributed by atoms with E-state index in [1.54, 1.807) is 5.01 Å². The van der Waals surface area contributed by atoms with Gasteiger partial charge in [0.1, 0.15) is 5.84 Å². The second kappa shape index (κ2) is 12.1. The largest absolute Gasteiger partial charge is 0.473 e. The molecule has 1 heterocycles. The second-order valence-electron chi connectivity index (χ2n) is 7.75. The lowest BCUT2D eigenvalue weighted by Gasteiger charge is -2.13. The van der Waals surface area contributed by atoms with Crippen LogP contribution >= 0.6 is 0 Å². The quantitative estimate of drug-likeness (QED) is 0.317. The van der Waals surface area contributed by atoms with Crippen LogP contribution in [0.1, 0.15) is 32.6 Å². The van der Waals surface area contributed by atoms with E-state index in [1.807, 2.05) is 54.6 Å². The Kier molecular flexibility index (Phi) is 8.69. The molecule has 1 aliphatic rings. The molecule has 0 atom stereocenters. The predicted octanol–water partition coefficient (Wildman–Crippen LogP) is 2.30. The second-order valence-corrected chi connectivity index (χ2v) is 7.75. The summed E-state index contributed by atoms with van der Waals surface area (Å²) in [5, 5.41) is 19.4. The zero-order valence-corrected chi connectivity index (χ0v) is 18.9. The maximum absolute atomic E-state index is 12.3. The molecule has 1 amide bonds. The summed E-state index contributed by atoms with van der Waals surface area (Å²) in [7, 11) is 0. The summed E-state index contributed by atoms with van der Waals surface area (Å²) in [6.45, 7) is 2.04. The number of carboxylic acids is 2. The van der Waals surface area contributed by atoms with Crippen molar-refractivity contribution in [2.75, 3.05) is 13.1 Å². The number of rotatable bonds is 6. The van der Waals surface area contributed by atoms with E-state index >= 15 is 0 Å². The van der Waals surface area contributed by atoms with Crippen LogP contribution in [0.5, 0.6) is 0 Å². The molecular formula is C26H26N4O5. The highest BCUT2D eigenvalue weighted by atomic mass is 16.4. The SMILES string of the molecule is NN1CCN=C1c1ccc(Cc2ccc(C(=O)NCc3ccccc3)cc2)cc1.O=C(O)C(=O)O. The molecule has 0 saturated heterocycles. The third-order valence-corrected chi connectivity index (χ3v) is 5.19. The molecule has 5 N–H and O–H groups in total. The van der Waals surface area contributed by atoms with Crippen molar-refractivity contribution in [1.29, 1.82) is 0 Å². The van der Waals surface area contributed by atoms with Gasteiger partial charge in [0.2, 0.25) is 0 Å². The Morgan fingerprint density at radius 2 is 1.40 bits per heavy atom. The van der Waals surface area contributed by atoms with Gasteiger partial charge in [0.05, 0.1) is 13.1 Å². The Balaban J connectivity index is 0.000000509. The number of carbonyl (C=O) groups excluding carboxylic acids is 1. The molecule has 1 aliphatic heterocycles. The minimum atomic E-state index is -1.82. The molecular weight excluding hydrogens is 448 g/mol. The molecule has 0 fully saturated rings. The van der Waals surface area contributed by atoms with Gasteiger partial charge in [-0.15, -0.1) is 0 Å². The number of nitrogens with zero attached hydrogens (tertiary/aromatic N) is 2. The molecule has 35 heavy (non-hydrogen) atoms. The van der Waals surface area contributed by atoms with Crippen molar-refractivity contribution in [1.82, 2.24) is 10.3 Å². The van der Waals surface area contributed by atoms with Gasteiger partial charge in [-0.2, -0.15) is 0 Å². The number of carbonyl (C=O) groups is 3. The minimum absolute atomic E-state index is 0.0616. The number of benzene rings is 3. The highest BCUT2D eigenvalue weighted by molar-refractivity contribution is 6.27.